The number of hydrogen-bond donors (Lipinski definition) is 1. The van der Waals surface area contributed by atoms with Gasteiger partial charge in [0.05, 0.1) is 10.6 Å². The van der Waals surface area contributed by atoms with Crippen molar-refractivity contribution < 1.29 is 4.79 Å². The van der Waals surface area contributed by atoms with Gasteiger partial charge in [-0.05, 0) is 19.4 Å². The van der Waals surface area contributed by atoms with Gasteiger partial charge in [0.2, 0.25) is 0 Å². The van der Waals surface area contributed by atoms with Crippen LogP contribution in [0.3, 0.4) is 0 Å². The summed E-state index contributed by atoms with van der Waals surface area (Å²) in [5.74, 6) is 0.601. The summed E-state index contributed by atoms with van der Waals surface area (Å²) in [5.41, 5.74) is 0.494. The second-order valence-electron chi connectivity index (χ2n) is 3.81. The monoisotopic (exact) mass is 255 g/mol. The SMILES string of the molecule is CCCN(C)C(=O)c1cc(NCC)ncc1Cl. The third-order valence-corrected chi connectivity index (χ3v) is 2.65. The first-order valence-electron chi connectivity index (χ1n) is 5.75. The van der Waals surface area contributed by atoms with Gasteiger partial charge in [0.25, 0.3) is 5.91 Å². The van der Waals surface area contributed by atoms with Crippen LogP contribution in [0.25, 0.3) is 0 Å². The summed E-state index contributed by atoms with van der Waals surface area (Å²) in [6, 6.07) is 1.69. The van der Waals surface area contributed by atoms with Gasteiger partial charge >= 0.3 is 0 Å². The van der Waals surface area contributed by atoms with Gasteiger partial charge < -0.3 is 10.2 Å². The standard InChI is InChI=1S/C12H18ClN3O/c1-4-6-16(3)12(17)9-7-11(14-5-2)15-8-10(9)13/h7-8H,4-6H2,1-3H3,(H,14,15). The van der Waals surface area contributed by atoms with E-state index in [2.05, 4.69) is 10.3 Å². The Morgan fingerprint density at radius 2 is 2.24 bits per heavy atom. The number of nitrogens with one attached hydrogen (secondary N) is 1. The molecule has 0 atom stereocenters. The number of halogens is 1. The lowest BCUT2D eigenvalue weighted by Crippen LogP contribution is -2.27. The van der Waals surface area contributed by atoms with Gasteiger partial charge in [0.1, 0.15) is 5.82 Å². The Balaban J connectivity index is 2.95. The molecule has 1 rings (SSSR count). The topological polar surface area (TPSA) is 45.2 Å². The van der Waals surface area contributed by atoms with Crippen LogP contribution in [0, 0.1) is 0 Å². The van der Waals surface area contributed by atoms with Crippen LogP contribution in [0.1, 0.15) is 30.6 Å². The molecule has 0 aliphatic carbocycles. The largest absolute Gasteiger partial charge is 0.370 e. The molecule has 4 nitrogen and oxygen atoms in total. The van der Waals surface area contributed by atoms with Gasteiger partial charge in [-0.3, -0.25) is 4.79 Å². The first kappa shape index (κ1) is 13.8. The lowest BCUT2D eigenvalue weighted by Gasteiger charge is -2.17. The van der Waals surface area contributed by atoms with Crippen molar-refractivity contribution in [2.75, 3.05) is 25.5 Å². The maximum atomic E-state index is 12.1. The predicted molar refractivity (Wildman–Crippen MR) is 70.7 cm³/mol. The van der Waals surface area contributed by atoms with Crippen LogP contribution in [0.15, 0.2) is 12.3 Å². The highest BCUT2D eigenvalue weighted by Gasteiger charge is 2.15. The molecule has 0 spiro atoms. The fourth-order valence-electron chi connectivity index (χ4n) is 1.52. The molecule has 1 heterocycles. The predicted octanol–water partition coefficient (Wildman–Crippen LogP) is 2.65. The number of pyridine rings is 1. The Morgan fingerprint density at radius 3 is 2.82 bits per heavy atom. The summed E-state index contributed by atoms with van der Waals surface area (Å²) < 4.78 is 0. The van der Waals surface area contributed by atoms with Crippen molar-refractivity contribution in [1.82, 2.24) is 9.88 Å². The van der Waals surface area contributed by atoms with Gasteiger partial charge in [-0.15, -0.1) is 0 Å². The number of nitrogens with zero attached hydrogens (tertiary/aromatic N) is 2. The summed E-state index contributed by atoms with van der Waals surface area (Å²) in [6.07, 6.45) is 2.43. The summed E-state index contributed by atoms with van der Waals surface area (Å²) in [4.78, 5) is 17.9. The third-order valence-electron chi connectivity index (χ3n) is 2.35. The maximum Gasteiger partial charge on any atom is 0.255 e. The van der Waals surface area contributed by atoms with Crippen molar-refractivity contribution >= 4 is 23.3 Å². The minimum atomic E-state index is -0.0709. The smallest absolute Gasteiger partial charge is 0.255 e. The van der Waals surface area contributed by atoms with E-state index in [4.69, 9.17) is 11.6 Å². The molecule has 94 valence electrons. The molecular weight excluding hydrogens is 238 g/mol. The van der Waals surface area contributed by atoms with Crippen LogP contribution < -0.4 is 5.32 Å². The number of carbonyl (C=O) groups excluding carboxylic acids is 1. The van der Waals surface area contributed by atoms with Crippen LogP contribution in [-0.2, 0) is 0 Å². The van der Waals surface area contributed by atoms with Crippen LogP contribution >= 0.6 is 11.6 Å². The molecule has 0 fully saturated rings. The molecule has 1 aromatic heterocycles. The van der Waals surface area contributed by atoms with Gasteiger partial charge in [-0.25, -0.2) is 4.98 Å². The molecular formula is C12H18ClN3O. The van der Waals surface area contributed by atoms with Crippen molar-refractivity contribution in [3.63, 3.8) is 0 Å². The summed E-state index contributed by atoms with van der Waals surface area (Å²) in [5, 5.41) is 3.45. The molecule has 0 unspecified atom stereocenters. The lowest BCUT2D eigenvalue weighted by molar-refractivity contribution is 0.0795. The van der Waals surface area contributed by atoms with E-state index >= 15 is 0 Å². The lowest BCUT2D eigenvalue weighted by atomic mass is 10.2. The molecule has 0 bridgehead atoms. The molecule has 1 amide bonds. The van der Waals surface area contributed by atoms with Crippen LogP contribution in [0.5, 0.6) is 0 Å². The highest BCUT2D eigenvalue weighted by Crippen LogP contribution is 2.19. The van der Waals surface area contributed by atoms with Crippen LogP contribution in [-0.4, -0.2) is 35.9 Å². The zero-order valence-electron chi connectivity index (χ0n) is 10.5. The van der Waals surface area contributed by atoms with Gasteiger partial charge in [0.15, 0.2) is 0 Å². The van der Waals surface area contributed by atoms with Crippen molar-refractivity contribution in [2.24, 2.45) is 0 Å². The molecule has 0 aromatic carbocycles. The number of rotatable bonds is 5. The van der Waals surface area contributed by atoms with E-state index in [1.165, 1.54) is 6.20 Å². The first-order valence-corrected chi connectivity index (χ1v) is 6.12. The minimum absolute atomic E-state index is 0.0709. The van der Waals surface area contributed by atoms with E-state index in [9.17, 15) is 4.79 Å². The number of amides is 1. The second kappa shape index (κ2) is 6.45. The summed E-state index contributed by atoms with van der Waals surface area (Å²) in [7, 11) is 1.77. The number of anilines is 1. The molecule has 1 N–H and O–H groups in total. The molecule has 0 aliphatic rings. The van der Waals surface area contributed by atoms with E-state index in [1.807, 2.05) is 13.8 Å². The molecule has 17 heavy (non-hydrogen) atoms. The van der Waals surface area contributed by atoms with E-state index in [0.717, 1.165) is 13.0 Å². The van der Waals surface area contributed by atoms with Crippen molar-refractivity contribution in [3.05, 3.63) is 22.8 Å². The second-order valence-corrected chi connectivity index (χ2v) is 4.21. The Morgan fingerprint density at radius 1 is 1.53 bits per heavy atom. The number of hydrogen-bond acceptors (Lipinski definition) is 3. The average molecular weight is 256 g/mol. The fraction of sp³-hybridized carbons (Fsp3) is 0.500. The van der Waals surface area contributed by atoms with Crippen LogP contribution in [0.4, 0.5) is 5.82 Å². The highest BCUT2D eigenvalue weighted by molar-refractivity contribution is 6.33. The average Bonchev–Trinajstić information content (AvgIpc) is 2.31. The van der Waals surface area contributed by atoms with Gasteiger partial charge in [-0.2, -0.15) is 0 Å². The van der Waals surface area contributed by atoms with E-state index in [0.29, 0.717) is 22.9 Å². The minimum Gasteiger partial charge on any atom is -0.370 e. The molecule has 0 saturated carbocycles. The molecule has 1 aromatic rings. The maximum absolute atomic E-state index is 12.1. The van der Waals surface area contributed by atoms with Crippen molar-refractivity contribution in [1.29, 1.82) is 0 Å². The van der Waals surface area contributed by atoms with Crippen molar-refractivity contribution in [2.45, 2.75) is 20.3 Å². The Labute approximate surface area is 107 Å². The Hall–Kier alpha value is -1.29. The summed E-state index contributed by atoms with van der Waals surface area (Å²) >= 11 is 6.00. The zero-order valence-corrected chi connectivity index (χ0v) is 11.2. The molecule has 0 aliphatic heterocycles. The molecule has 0 radical (unpaired) electrons. The van der Waals surface area contributed by atoms with Crippen molar-refractivity contribution in [3.8, 4) is 0 Å². The molecule has 5 heteroatoms. The zero-order chi connectivity index (χ0) is 12.8. The first-order chi connectivity index (χ1) is 8.10. The summed E-state index contributed by atoms with van der Waals surface area (Å²) in [6.45, 7) is 5.48. The highest BCUT2D eigenvalue weighted by atomic mass is 35.5. The molecule has 0 saturated heterocycles. The fourth-order valence-corrected chi connectivity index (χ4v) is 1.71. The van der Waals surface area contributed by atoms with E-state index < -0.39 is 0 Å². The normalized spacial score (nSPS) is 10.1. The van der Waals surface area contributed by atoms with Gasteiger partial charge in [-0.1, -0.05) is 18.5 Å². The van der Waals surface area contributed by atoms with E-state index in [-0.39, 0.29) is 5.91 Å². The quantitative estimate of drug-likeness (QED) is 0.880. The van der Waals surface area contributed by atoms with E-state index in [1.54, 1.807) is 18.0 Å². The van der Waals surface area contributed by atoms with Crippen LogP contribution in [0.2, 0.25) is 5.02 Å². The Bertz CT molecular complexity index is 395. The number of aromatic nitrogens is 1. The number of carbonyl (C=O) groups is 1. The Kier molecular flexibility index (Phi) is 5.22. The third kappa shape index (κ3) is 3.60. The van der Waals surface area contributed by atoms with Gasteiger partial charge in [0, 0.05) is 26.3 Å².